The Morgan fingerprint density at radius 2 is 2.12 bits per heavy atom. The second-order valence-corrected chi connectivity index (χ2v) is 6.92. The van der Waals surface area contributed by atoms with Gasteiger partial charge in [-0.15, -0.1) is 0 Å². The number of furan rings is 1. The van der Waals surface area contributed by atoms with E-state index >= 15 is 0 Å². The Labute approximate surface area is 102 Å². The molecular weight excluding hydrogens is 238 g/mol. The van der Waals surface area contributed by atoms with Crippen LogP contribution in [0.2, 0.25) is 0 Å². The molecule has 0 bridgehead atoms. The van der Waals surface area contributed by atoms with Crippen molar-refractivity contribution in [3.8, 4) is 0 Å². The minimum Gasteiger partial charge on any atom is -0.466 e. The molecule has 4 nitrogen and oxygen atoms in total. The summed E-state index contributed by atoms with van der Waals surface area (Å²) in [5.41, 5.74) is 0.976. The summed E-state index contributed by atoms with van der Waals surface area (Å²) >= 11 is 0. The van der Waals surface area contributed by atoms with Crippen molar-refractivity contribution in [2.45, 2.75) is 39.3 Å². The lowest BCUT2D eigenvalue weighted by atomic mass is 10.1. The molecule has 2 unspecified atom stereocenters. The second-order valence-electron chi connectivity index (χ2n) is 4.77. The lowest BCUT2D eigenvalue weighted by molar-refractivity contribution is 0.431. The van der Waals surface area contributed by atoms with E-state index in [-0.39, 0.29) is 23.6 Å². The maximum absolute atomic E-state index is 11.9. The van der Waals surface area contributed by atoms with Gasteiger partial charge < -0.3 is 9.73 Å². The lowest BCUT2D eigenvalue weighted by Gasteiger charge is -2.30. The standard InChI is InChI=1S/C12H19NO3S/c1-4-10-6-17(14,15)7-12(13-10)11-5-8(2)16-9(11)3/h5,10,12-13H,4,6-7H2,1-3H3. The van der Waals surface area contributed by atoms with Crippen molar-refractivity contribution in [2.75, 3.05) is 11.5 Å². The van der Waals surface area contributed by atoms with Crippen molar-refractivity contribution in [1.29, 1.82) is 0 Å². The van der Waals surface area contributed by atoms with Crippen molar-refractivity contribution in [2.24, 2.45) is 0 Å². The molecule has 0 aliphatic carbocycles. The van der Waals surface area contributed by atoms with Crippen LogP contribution in [-0.4, -0.2) is 26.0 Å². The summed E-state index contributed by atoms with van der Waals surface area (Å²) < 4.78 is 29.2. The lowest BCUT2D eigenvalue weighted by Crippen LogP contribution is -2.46. The molecule has 1 aromatic heterocycles. The third-order valence-electron chi connectivity index (χ3n) is 3.26. The van der Waals surface area contributed by atoms with Crippen LogP contribution in [-0.2, 0) is 9.84 Å². The molecule has 0 aromatic carbocycles. The maximum Gasteiger partial charge on any atom is 0.153 e. The normalized spacial score (nSPS) is 28.2. The van der Waals surface area contributed by atoms with E-state index in [1.165, 1.54) is 0 Å². The first-order valence-electron chi connectivity index (χ1n) is 5.94. The predicted octanol–water partition coefficient (Wildman–Crippen LogP) is 1.73. The molecule has 1 N–H and O–H groups in total. The van der Waals surface area contributed by atoms with Gasteiger partial charge >= 0.3 is 0 Å². The number of aryl methyl sites for hydroxylation is 2. The number of rotatable bonds is 2. The van der Waals surface area contributed by atoms with E-state index in [0.717, 1.165) is 23.5 Å². The summed E-state index contributed by atoms with van der Waals surface area (Å²) in [5.74, 6) is 2.06. The summed E-state index contributed by atoms with van der Waals surface area (Å²) in [6.45, 7) is 5.76. The van der Waals surface area contributed by atoms with Crippen LogP contribution in [0.1, 0.15) is 36.5 Å². The number of hydrogen-bond donors (Lipinski definition) is 1. The highest BCUT2D eigenvalue weighted by Crippen LogP contribution is 2.26. The first-order valence-corrected chi connectivity index (χ1v) is 7.77. The molecule has 0 amide bonds. The van der Waals surface area contributed by atoms with Gasteiger partial charge in [0.2, 0.25) is 0 Å². The molecule has 2 atom stereocenters. The first kappa shape index (κ1) is 12.6. The minimum atomic E-state index is -2.95. The molecule has 96 valence electrons. The fraction of sp³-hybridized carbons (Fsp3) is 0.667. The van der Waals surface area contributed by atoms with Gasteiger partial charge in [0.15, 0.2) is 9.84 Å². The molecule has 1 aliphatic rings. The van der Waals surface area contributed by atoms with Crippen molar-refractivity contribution in [3.63, 3.8) is 0 Å². The third-order valence-corrected chi connectivity index (χ3v) is 5.01. The molecule has 2 rings (SSSR count). The summed E-state index contributed by atoms with van der Waals surface area (Å²) in [7, 11) is -2.95. The van der Waals surface area contributed by atoms with Crippen LogP contribution >= 0.6 is 0 Å². The summed E-state index contributed by atoms with van der Waals surface area (Å²) in [4.78, 5) is 0. The van der Waals surface area contributed by atoms with E-state index in [9.17, 15) is 8.42 Å². The van der Waals surface area contributed by atoms with Crippen LogP contribution in [0.3, 0.4) is 0 Å². The molecule has 5 heteroatoms. The van der Waals surface area contributed by atoms with Gasteiger partial charge in [0, 0.05) is 17.6 Å². The van der Waals surface area contributed by atoms with Gasteiger partial charge in [0.25, 0.3) is 0 Å². The van der Waals surface area contributed by atoms with Crippen molar-refractivity contribution < 1.29 is 12.8 Å². The van der Waals surface area contributed by atoms with Gasteiger partial charge in [-0.3, -0.25) is 0 Å². The van der Waals surface area contributed by atoms with Gasteiger partial charge in [-0.1, -0.05) is 6.92 Å². The number of hydrogen-bond acceptors (Lipinski definition) is 4. The number of sulfone groups is 1. The van der Waals surface area contributed by atoms with Crippen LogP contribution < -0.4 is 5.32 Å². The summed E-state index contributed by atoms with van der Waals surface area (Å²) in [5, 5.41) is 3.39. The molecule has 1 aliphatic heterocycles. The zero-order chi connectivity index (χ0) is 12.6. The Morgan fingerprint density at radius 1 is 1.41 bits per heavy atom. The van der Waals surface area contributed by atoms with Crippen molar-refractivity contribution in [3.05, 3.63) is 23.2 Å². The topological polar surface area (TPSA) is 59.3 Å². The van der Waals surface area contributed by atoms with E-state index < -0.39 is 9.84 Å². The minimum absolute atomic E-state index is 0.0494. The van der Waals surface area contributed by atoms with E-state index in [0.29, 0.717) is 0 Å². The van der Waals surface area contributed by atoms with Crippen LogP contribution in [0.25, 0.3) is 0 Å². The molecule has 2 heterocycles. The molecule has 1 aromatic rings. The zero-order valence-corrected chi connectivity index (χ0v) is 11.3. The van der Waals surface area contributed by atoms with E-state index in [1.54, 1.807) is 0 Å². The highest BCUT2D eigenvalue weighted by atomic mass is 32.2. The molecule has 17 heavy (non-hydrogen) atoms. The van der Waals surface area contributed by atoms with Gasteiger partial charge in [-0.2, -0.15) is 0 Å². The maximum atomic E-state index is 11.9. The first-order chi connectivity index (χ1) is 7.91. The zero-order valence-electron chi connectivity index (χ0n) is 10.5. The molecule has 1 fully saturated rings. The molecule has 0 radical (unpaired) electrons. The van der Waals surface area contributed by atoms with E-state index in [2.05, 4.69) is 5.32 Å². The summed E-state index contributed by atoms with van der Waals surface area (Å²) in [6, 6.07) is 1.85. The largest absolute Gasteiger partial charge is 0.466 e. The van der Waals surface area contributed by atoms with Gasteiger partial charge in [0.05, 0.1) is 11.5 Å². The Hall–Kier alpha value is -0.810. The van der Waals surface area contributed by atoms with Gasteiger partial charge in [-0.25, -0.2) is 8.42 Å². The van der Waals surface area contributed by atoms with Crippen LogP contribution in [0.4, 0.5) is 0 Å². The Balaban J connectivity index is 2.29. The average Bonchev–Trinajstić information content (AvgIpc) is 2.55. The van der Waals surface area contributed by atoms with Crippen LogP contribution in [0.5, 0.6) is 0 Å². The average molecular weight is 257 g/mol. The SMILES string of the molecule is CCC1CS(=O)(=O)CC(c2cc(C)oc2C)N1. The molecule has 0 spiro atoms. The van der Waals surface area contributed by atoms with Gasteiger partial charge in [-0.05, 0) is 26.3 Å². The summed E-state index contributed by atoms with van der Waals surface area (Å²) in [6.07, 6.45) is 0.825. The van der Waals surface area contributed by atoms with E-state index in [1.807, 2.05) is 26.8 Å². The smallest absolute Gasteiger partial charge is 0.153 e. The number of nitrogens with one attached hydrogen (secondary N) is 1. The van der Waals surface area contributed by atoms with Crippen molar-refractivity contribution in [1.82, 2.24) is 5.32 Å². The van der Waals surface area contributed by atoms with Crippen LogP contribution in [0, 0.1) is 13.8 Å². The third kappa shape index (κ3) is 2.72. The molecule has 0 saturated carbocycles. The van der Waals surface area contributed by atoms with Crippen molar-refractivity contribution >= 4 is 9.84 Å². The monoisotopic (exact) mass is 257 g/mol. The van der Waals surface area contributed by atoms with Gasteiger partial charge in [0.1, 0.15) is 11.5 Å². The fourth-order valence-corrected chi connectivity index (χ4v) is 4.29. The highest BCUT2D eigenvalue weighted by Gasteiger charge is 2.32. The highest BCUT2D eigenvalue weighted by molar-refractivity contribution is 7.91. The van der Waals surface area contributed by atoms with E-state index in [4.69, 9.17) is 4.42 Å². The second kappa shape index (κ2) is 4.46. The van der Waals surface area contributed by atoms with Crippen LogP contribution in [0.15, 0.2) is 10.5 Å². The molecule has 1 saturated heterocycles. The quantitative estimate of drug-likeness (QED) is 0.876. The fourth-order valence-electron chi connectivity index (χ4n) is 2.42. The predicted molar refractivity (Wildman–Crippen MR) is 66.8 cm³/mol. The molecular formula is C12H19NO3S. The Bertz CT molecular complexity index is 504. The Morgan fingerprint density at radius 3 is 2.65 bits per heavy atom. The Kier molecular flexibility index (Phi) is 3.32.